The fourth-order valence-corrected chi connectivity index (χ4v) is 4.60. The Labute approximate surface area is 260 Å². The van der Waals surface area contributed by atoms with Crippen LogP contribution in [0.3, 0.4) is 0 Å². The zero-order chi connectivity index (χ0) is 29.8. The number of ether oxygens (including phenoxy) is 1. The van der Waals surface area contributed by atoms with E-state index in [1.807, 2.05) is 61.4 Å². The van der Waals surface area contributed by atoms with Crippen LogP contribution in [0.5, 0.6) is 5.75 Å². The molecule has 8 heteroatoms. The molecular formula is C33H33Cl2N3O2Pd. The predicted molar refractivity (Wildman–Crippen MR) is 164 cm³/mol. The van der Waals surface area contributed by atoms with Crippen LogP contribution in [0.25, 0.3) is 4.85 Å². The number of hydroxylamine groups is 2. The molecule has 4 aromatic carbocycles. The van der Waals surface area contributed by atoms with Gasteiger partial charge >= 0.3 is 35.0 Å². The number of anilines is 1. The van der Waals surface area contributed by atoms with Crippen molar-refractivity contribution in [3.8, 4) is 5.75 Å². The molecular weight excluding hydrogens is 648 g/mol. The van der Waals surface area contributed by atoms with E-state index in [-0.39, 0.29) is 22.1 Å². The first kappa shape index (κ1) is 32.6. The maximum atomic E-state index is 6.76. The average Bonchev–Trinajstić information content (AvgIpc) is 3.37. The number of hydrogen-bond donors (Lipinski definition) is 0. The molecule has 1 aliphatic rings. The second-order valence-corrected chi connectivity index (χ2v) is 12.0. The van der Waals surface area contributed by atoms with E-state index in [2.05, 4.69) is 78.9 Å². The number of methoxy groups -OCH3 is 1. The van der Waals surface area contributed by atoms with E-state index in [9.17, 15) is 0 Å². The summed E-state index contributed by atoms with van der Waals surface area (Å²) in [6, 6.07) is 30.8. The Kier molecular flexibility index (Phi) is 13.2. The van der Waals surface area contributed by atoms with E-state index in [1.54, 1.807) is 7.11 Å². The number of aryl methyl sites for hydroxylation is 4. The van der Waals surface area contributed by atoms with Gasteiger partial charge in [-0.25, -0.2) is 4.85 Å². The summed E-state index contributed by atoms with van der Waals surface area (Å²) in [7, 11) is 11.3. The zero-order valence-electron chi connectivity index (χ0n) is 23.7. The predicted octanol–water partition coefficient (Wildman–Crippen LogP) is 9.49. The number of hydrogen-bond acceptors (Lipinski definition) is 4. The van der Waals surface area contributed by atoms with Crippen molar-refractivity contribution in [2.45, 2.75) is 40.4 Å². The van der Waals surface area contributed by atoms with Crippen LogP contribution < -0.4 is 9.64 Å². The maximum absolute atomic E-state index is 6.76. The Morgan fingerprint density at radius 2 is 1.39 bits per heavy atom. The second kappa shape index (κ2) is 16.5. The molecule has 1 heterocycles. The van der Waals surface area contributed by atoms with Crippen LogP contribution in [0.4, 0.5) is 11.4 Å². The Balaban J connectivity index is 0.000000297. The van der Waals surface area contributed by atoms with E-state index in [1.165, 1.54) is 16.7 Å². The van der Waals surface area contributed by atoms with Gasteiger partial charge in [-0.2, -0.15) is 5.06 Å². The number of benzene rings is 4. The normalized spacial score (nSPS) is 14.4. The van der Waals surface area contributed by atoms with Gasteiger partial charge in [0.25, 0.3) is 6.73 Å². The molecule has 41 heavy (non-hydrogen) atoms. The molecule has 0 N–H and O–H groups in total. The summed E-state index contributed by atoms with van der Waals surface area (Å²) in [5.74, 6) is 0.836. The Hall–Kier alpha value is -2.87. The monoisotopic (exact) mass is 679 g/mol. The van der Waals surface area contributed by atoms with E-state index < -0.39 is 0 Å². The van der Waals surface area contributed by atoms with E-state index in [4.69, 9.17) is 35.2 Å². The van der Waals surface area contributed by atoms with Crippen molar-refractivity contribution < 1.29 is 25.5 Å². The number of rotatable bonds is 5. The van der Waals surface area contributed by atoms with Crippen molar-refractivity contribution >= 4 is 30.4 Å². The molecule has 0 saturated carbocycles. The Morgan fingerprint density at radius 3 is 1.90 bits per heavy atom. The third kappa shape index (κ3) is 9.87. The molecule has 2 radical (unpaired) electrons. The molecule has 216 valence electrons. The molecule has 1 fully saturated rings. The van der Waals surface area contributed by atoms with Crippen LogP contribution in [0, 0.1) is 41.0 Å². The molecule has 0 aliphatic carbocycles. The fraction of sp³-hybridized carbons (Fsp3) is 0.212. The molecule has 1 atom stereocenters. The summed E-state index contributed by atoms with van der Waals surface area (Å²) in [4.78, 5) is 11.3. The van der Waals surface area contributed by atoms with E-state index >= 15 is 0 Å². The molecule has 1 unspecified atom stereocenters. The number of nitrogens with zero attached hydrogens (tertiary/aromatic N) is 3. The van der Waals surface area contributed by atoms with Gasteiger partial charge in [0.05, 0.1) is 20.2 Å². The molecule has 0 spiro atoms. The van der Waals surface area contributed by atoms with Crippen molar-refractivity contribution in [1.29, 1.82) is 0 Å². The van der Waals surface area contributed by atoms with Gasteiger partial charge in [0.15, 0.2) is 5.69 Å². The molecule has 1 saturated heterocycles. The van der Waals surface area contributed by atoms with Gasteiger partial charge in [0.2, 0.25) is 0 Å². The summed E-state index contributed by atoms with van der Waals surface area (Å²) in [5, 5.41) is 1.95. The van der Waals surface area contributed by atoms with Gasteiger partial charge in [0, 0.05) is 5.69 Å². The third-order valence-electron chi connectivity index (χ3n) is 6.19. The van der Waals surface area contributed by atoms with Crippen molar-refractivity contribution in [3.63, 3.8) is 0 Å². The Bertz CT molecular complexity index is 1390. The topological polar surface area (TPSA) is 29.3 Å². The first-order valence-electron chi connectivity index (χ1n) is 12.8. The van der Waals surface area contributed by atoms with Gasteiger partial charge in [-0.05, 0) is 74.2 Å². The third-order valence-corrected chi connectivity index (χ3v) is 6.19. The van der Waals surface area contributed by atoms with Gasteiger partial charge in [-0.15, -0.1) is 0 Å². The summed E-state index contributed by atoms with van der Waals surface area (Å²) < 4.78 is 5.32. The van der Waals surface area contributed by atoms with Gasteiger partial charge in [-0.1, -0.05) is 77.9 Å². The average molecular weight is 681 g/mol. The SMILES string of the molecule is COc1ccc(C2N(Cc3ccccc3)O[C]N2c2cc(C)cc(C)c2)cc1.[C-]#[N+]c1cc(C)cc(C)c1.[Cl][Pd][Cl]. The van der Waals surface area contributed by atoms with Crippen LogP contribution in [0.2, 0.25) is 0 Å². The van der Waals surface area contributed by atoms with Crippen molar-refractivity contribution in [2.24, 2.45) is 0 Å². The van der Waals surface area contributed by atoms with Gasteiger partial charge in [-0.3, -0.25) is 4.84 Å². The first-order chi connectivity index (χ1) is 19.8. The first-order valence-corrected chi connectivity index (χ1v) is 16.8. The summed E-state index contributed by atoms with van der Waals surface area (Å²) in [6.07, 6.45) is -0.118. The van der Waals surface area contributed by atoms with Crippen molar-refractivity contribution in [3.05, 3.63) is 143 Å². The zero-order valence-corrected chi connectivity index (χ0v) is 26.7. The van der Waals surface area contributed by atoms with E-state index in [0.29, 0.717) is 6.54 Å². The summed E-state index contributed by atoms with van der Waals surface area (Å²) >= 11 is -0.106. The van der Waals surface area contributed by atoms with Crippen LogP contribution >= 0.6 is 19.1 Å². The molecule has 0 aromatic heterocycles. The Morgan fingerprint density at radius 1 is 0.854 bits per heavy atom. The molecule has 4 aromatic rings. The quantitative estimate of drug-likeness (QED) is 0.155. The van der Waals surface area contributed by atoms with Crippen LogP contribution in [0.1, 0.15) is 39.5 Å². The second-order valence-electron chi connectivity index (χ2n) is 9.61. The van der Waals surface area contributed by atoms with Gasteiger partial charge in [0.1, 0.15) is 11.9 Å². The number of halogens is 2. The van der Waals surface area contributed by atoms with Crippen molar-refractivity contribution in [1.82, 2.24) is 5.06 Å². The molecule has 5 rings (SSSR count). The van der Waals surface area contributed by atoms with Crippen LogP contribution in [-0.2, 0) is 27.3 Å². The van der Waals surface area contributed by atoms with Crippen LogP contribution in [-0.4, -0.2) is 12.2 Å². The van der Waals surface area contributed by atoms with E-state index in [0.717, 1.165) is 33.8 Å². The minimum atomic E-state index is -0.118. The molecule has 0 amide bonds. The van der Waals surface area contributed by atoms with Gasteiger partial charge < -0.3 is 9.64 Å². The summed E-state index contributed by atoms with van der Waals surface area (Å²) in [6.45, 7) is 18.7. The van der Waals surface area contributed by atoms with Crippen molar-refractivity contribution in [2.75, 3.05) is 12.0 Å². The standard InChI is InChI=1S/C24H24N2O2.C9H9N.2ClH.Pd/c1-18-13-19(2)15-22(14-18)25-17-28-26(16-20-7-5-4-6-8-20)24(25)21-9-11-23(27-3)12-10-21;1-7-4-8(2)6-9(5-7)10-3;;;/h4-15,24H,16H2,1-3H3;4-6H,1-2H3;2*1H;/q;;;;+2/p-2. The minimum absolute atomic E-state index is 0.106. The molecule has 1 aliphatic heterocycles. The molecule has 0 bridgehead atoms. The fourth-order valence-electron chi connectivity index (χ4n) is 4.60. The summed E-state index contributed by atoms with van der Waals surface area (Å²) in [5.41, 5.74) is 8.84. The molecule has 5 nitrogen and oxygen atoms in total. The van der Waals surface area contributed by atoms with Crippen LogP contribution in [0.15, 0.2) is 91.0 Å².